The Morgan fingerprint density at radius 1 is 1.19 bits per heavy atom. The number of amides is 1. The highest BCUT2D eigenvalue weighted by Crippen LogP contribution is 2.22. The molecule has 7 heteroatoms. The summed E-state index contributed by atoms with van der Waals surface area (Å²) in [6.45, 7) is 0.994. The molecule has 1 fully saturated rings. The monoisotopic (exact) mass is 306 g/mol. The van der Waals surface area contributed by atoms with E-state index in [1.54, 1.807) is 9.80 Å². The first-order valence-corrected chi connectivity index (χ1v) is 6.81. The molecule has 5 nitrogen and oxygen atoms in total. The largest absolute Gasteiger partial charge is 0.343 e. The fraction of sp³-hybridized carbons (Fsp3) is 0.214. The van der Waals surface area contributed by atoms with E-state index in [9.17, 15) is 9.18 Å². The molecule has 2 aromatic rings. The summed E-state index contributed by atoms with van der Waals surface area (Å²) in [5.74, 6) is -0.627. The van der Waals surface area contributed by atoms with Gasteiger partial charge in [-0.1, -0.05) is 18.2 Å². The van der Waals surface area contributed by atoms with Crippen LogP contribution in [0.15, 0.2) is 36.5 Å². The highest BCUT2D eigenvalue weighted by Gasteiger charge is 2.27. The number of carbonyl (C=O) groups excluding carboxylic acids is 1. The van der Waals surface area contributed by atoms with Crippen molar-refractivity contribution in [1.82, 2.24) is 9.97 Å². The van der Waals surface area contributed by atoms with Crippen molar-refractivity contribution in [3.05, 3.63) is 47.6 Å². The minimum absolute atomic E-state index is 0.0377. The number of nitrogens with zero attached hydrogens (tertiary/aromatic N) is 4. The fourth-order valence-electron chi connectivity index (χ4n) is 2.29. The first-order valence-electron chi connectivity index (χ1n) is 6.43. The van der Waals surface area contributed by atoms with Crippen LogP contribution in [0.5, 0.6) is 0 Å². The quantitative estimate of drug-likeness (QED) is 0.798. The maximum atomic E-state index is 13.8. The lowest BCUT2D eigenvalue weighted by Crippen LogP contribution is -2.51. The molecule has 0 spiro atoms. The lowest BCUT2D eigenvalue weighted by atomic mass is 10.2. The van der Waals surface area contributed by atoms with Gasteiger partial charge in [0.2, 0.25) is 11.2 Å². The van der Waals surface area contributed by atoms with Gasteiger partial charge < -0.3 is 9.80 Å². The molecular formula is C14H12ClFN4O. The van der Waals surface area contributed by atoms with E-state index in [1.807, 2.05) is 30.3 Å². The molecule has 1 saturated heterocycles. The van der Waals surface area contributed by atoms with Gasteiger partial charge in [0.1, 0.15) is 0 Å². The first kappa shape index (κ1) is 13.8. The second-order valence-corrected chi connectivity index (χ2v) is 4.95. The van der Waals surface area contributed by atoms with Gasteiger partial charge in [0.25, 0.3) is 0 Å². The third-order valence-electron chi connectivity index (χ3n) is 3.28. The topological polar surface area (TPSA) is 49.3 Å². The van der Waals surface area contributed by atoms with Crippen LogP contribution in [0.4, 0.5) is 15.9 Å². The van der Waals surface area contributed by atoms with E-state index < -0.39 is 5.82 Å². The molecule has 0 aliphatic carbocycles. The number of aromatic nitrogens is 2. The SMILES string of the molecule is O=C1CN(c2nc(Cl)ncc2F)CCN1c1ccccc1. The van der Waals surface area contributed by atoms with Crippen LogP contribution in [0.3, 0.4) is 0 Å². The Kier molecular flexibility index (Phi) is 3.70. The van der Waals surface area contributed by atoms with E-state index >= 15 is 0 Å². The summed E-state index contributed by atoms with van der Waals surface area (Å²) in [7, 11) is 0. The zero-order valence-corrected chi connectivity index (χ0v) is 11.8. The Bertz CT molecular complexity index is 667. The number of halogens is 2. The minimum Gasteiger partial charge on any atom is -0.343 e. The third kappa shape index (κ3) is 2.80. The highest BCUT2D eigenvalue weighted by atomic mass is 35.5. The molecule has 1 aliphatic rings. The number of hydrogen-bond acceptors (Lipinski definition) is 4. The number of anilines is 2. The predicted molar refractivity (Wildman–Crippen MR) is 78.0 cm³/mol. The average Bonchev–Trinajstić information content (AvgIpc) is 2.50. The number of hydrogen-bond donors (Lipinski definition) is 0. The highest BCUT2D eigenvalue weighted by molar-refractivity contribution is 6.28. The van der Waals surface area contributed by atoms with Gasteiger partial charge in [-0.2, -0.15) is 4.98 Å². The van der Waals surface area contributed by atoms with E-state index in [0.717, 1.165) is 11.9 Å². The molecule has 0 atom stereocenters. The van der Waals surface area contributed by atoms with Gasteiger partial charge in [-0.05, 0) is 23.7 Å². The van der Waals surface area contributed by atoms with Gasteiger partial charge in [0.05, 0.1) is 12.7 Å². The normalized spacial score (nSPS) is 15.4. The maximum Gasteiger partial charge on any atom is 0.246 e. The van der Waals surface area contributed by atoms with Crippen molar-refractivity contribution in [3.63, 3.8) is 0 Å². The maximum absolute atomic E-state index is 13.8. The van der Waals surface area contributed by atoms with Crippen LogP contribution >= 0.6 is 11.6 Å². The lowest BCUT2D eigenvalue weighted by molar-refractivity contribution is -0.117. The second kappa shape index (κ2) is 5.65. The summed E-state index contributed by atoms with van der Waals surface area (Å²) >= 11 is 5.69. The summed E-state index contributed by atoms with van der Waals surface area (Å²) in [5.41, 5.74) is 0.836. The number of benzene rings is 1. The number of piperazine rings is 1. The van der Waals surface area contributed by atoms with Crippen molar-refractivity contribution in [1.29, 1.82) is 0 Å². The standard InChI is InChI=1S/C14H12ClFN4O/c15-14-17-8-11(16)13(18-14)19-6-7-20(12(21)9-19)10-4-2-1-3-5-10/h1-5,8H,6-7,9H2. The fourth-order valence-corrected chi connectivity index (χ4v) is 2.42. The molecule has 1 aliphatic heterocycles. The van der Waals surface area contributed by atoms with E-state index in [4.69, 9.17) is 11.6 Å². The molecular weight excluding hydrogens is 295 g/mol. The number of carbonyl (C=O) groups is 1. The van der Waals surface area contributed by atoms with Crippen molar-refractivity contribution in [2.24, 2.45) is 0 Å². The van der Waals surface area contributed by atoms with Gasteiger partial charge in [-0.3, -0.25) is 4.79 Å². The van der Waals surface area contributed by atoms with Gasteiger partial charge >= 0.3 is 0 Å². The van der Waals surface area contributed by atoms with Crippen molar-refractivity contribution < 1.29 is 9.18 Å². The summed E-state index contributed by atoms with van der Waals surface area (Å²) in [5, 5.41) is -0.0377. The zero-order chi connectivity index (χ0) is 14.8. The van der Waals surface area contributed by atoms with E-state index in [2.05, 4.69) is 9.97 Å². The Labute approximate surface area is 126 Å². The molecule has 0 N–H and O–H groups in total. The van der Waals surface area contributed by atoms with Crippen LogP contribution in [-0.4, -0.2) is 35.5 Å². The Morgan fingerprint density at radius 2 is 1.95 bits per heavy atom. The summed E-state index contributed by atoms with van der Waals surface area (Å²) in [4.78, 5) is 22.9. The smallest absolute Gasteiger partial charge is 0.246 e. The Balaban J connectivity index is 1.80. The molecule has 0 saturated carbocycles. The zero-order valence-electron chi connectivity index (χ0n) is 11.0. The number of rotatable bonds is 2. The molecule has 1 aromatic carbocycles. The van der Waals surface area contributed by atoms with E-state index in [0.29, 0.717) is 13.1 Å². The molecule has 0 unspecified atom stereocenters. The van der Waals surface area contributed by atoms with Gasteiger partial charge in [0, 0.05) is 18.8 Å². The van der Waals surface area contributed by atoms with Crippen LogP contribution in [0.2, 0.25) is 5.28 Å². The summed E-state index contributed by atoms with van der Waals surface area (Å²) in [6.07, 6.45) is 1.01. The average molecular weight is 307 g/mol. The Morgan fingerprint density at radius 3 is 2.67 bits per heavy atom. The van der Waals surface area contributed by atoms with Crippen LogP contribution in [-0.2, 0) is 4.79 Å². The molecule has 3 rings (SSSR count). The minimum atomic E-state index is -0.583. The van der Waals surface area contributed by atoms with Crippen LogP contribution < -0.4 is 9.80 Å². The number of para-hydroxylation sites is 1. The second-order valence-electron chi connectivity index (χ2n) is 4.61. The van der Waals surface area contributed by atoms with Crippen LogP contribution in [0, 0.1) is 5.82 Å². The van der Waals surface area contributed by atoms with Gasteiger partial charge in [-0.15, -0.1) is 0 Å². The van der Waals surface area contributed by atoms with Gasteiger partial charge in [-0.25, -0.2) is 9.37 Å². The van der Waals surface area contributed by atoms with E-state index in [-0.39, 0.29) is 23.6 Å². The molecule has 1 aromatic heterocycles. The molecule has 21 heavy (non-hydrogen) atoms. The van der Waals surface area contributed by atoms with Crippen molar-refractivity contribution in [2.45, 2.75) is 0 Å². The predicted octanol–water partition coefficient (Wildman–Crippen LogP) is 2.12. The van der Waals surface area contributed by atoms with Crippen molar-refractivity contribution in [2.75, 3.05) is 29.4 Å². The third-order valence-corrected chi connectivity index (χ3v) is 3.47. The van der Waals surface area contributed by atoms with Crippen LogP contribution in [0.1, 0.15) is 0 Å². The first-order chi connectivity index (χ1) is 10.1. The van der Waals surface area contributed by atoms with Crippen molar-refractivity contribution >= 4 is 29.0 Å². The lowest BCUT2D eigenvalue weighted by Gasteiger charge is -2.34. The Hall–Kier alpha value is -2.21. The molecule has 1 amide bonds. The van der Waals surface area contributed by atoms with E-state index in [1.165, 1.54) is 0 Å². The van der Waals surface area contributed by atoms with Crippen molar-refractivity contribution in [3.8, 4) is 0 Å². The molecule has 108 valence electrons. The summed E-state index contributed by atoms with van der Waals surface area (Å²) < 4.78 is 13.8. The van der Waals surface area contributed by atoms with Gasteiger partial charge in [0.15, 0.2) is 11.6 Å². The van der Waals surface area contributed by atoms with Crippen LogP contribution in [0.25, 0.3) is 0 Å². The molecule has 0 radical (unpaired) electrons. The molecule has 2 heterocycles. The summed E-state index contributed by atoms with van der Waals surface area (Å²) in [6, 6.07) is 9.38. The molecule has 0 bridgehead atoms.